The molecular weight excluding hydrogens is 1000 g/mol. The zero-order valence-electron chi connectivity index (χ0n) is 53.8. The Bertz CT molecular complexity index is 1330. The molecule has 0 saturated heterocycles. The number of nitrogens with zero attached hydrogens (tertiary/aromatic N) is 2. The van der Waals surface area contributed by atoms with Gasteiger partial charge in [-0.25, -0.2) is 0 Å². The van der Waals surface area contributed by atoms with Gasteiger partial charge in [-0.05, 0) is 226 Å². The lowest BCUT2D eigenvalue weighted by Crippen LogP contribution is -2.45. The monoisotopic (exact) mass is 1150 g/mol. The quantitative estimate of drug-likeness (QED) is 0.0203. The molecule has 0 rings (SSSR count). The third kappa shape index (κ3) is 58.2. The van der Waals surface area contributed by atoms with Crippen LogP contribution in [0.4, 0.5) is 0 Å². The summed E-state index contributed by atoms with van der Waals surface area (Å²) < 4.78 is 0. The molecule has 0 aromatic heterocycles. The fourth-order valence-corrected chi connectivity index (χ4v) is 10.6. The molecule has 480 valence electrons. The van der Waals surface area contributed by atoms with Crippen molar-refractivity contribution in [3.63, 3.8) is 0 Å². The van der Waals surface area contributed by atoms with Gasteiger partial charge in [-0.3, -0.25) is 9.59 Å². The molecule has 0 aromatic rings. The van der Waals surface area contributed by atoms with Crippen molar-refractivity contribution in [3.05, 3.63) is 24.3 Å². The molecule has 0 aliphatic rings. The molecule has 81 heavy (non-hydrogen) atoms. The molecule has 2 amide bonds. The summed E-state index contributed by atoms with van der Waals surface area (Å²) in [6, 6.07) is -0.393. The van der Waals surface area contributed by atoms with Gasteiger partial charge >= 0.3 is 0 Å². The molecule has 0 aliphatic carbocycles. The van der Waals surface area contributed by atoms with E-state index in [0.29, 0.717) is 39.3 Å². The van der Waals surface area contributed by atoms with Crippen molar-refractivity contribution >= 4 is 11.8 Å². The van der Waals surface area contributed by atoms with Crippen LogP contribution in [0.15, 0.2) is 24.3 Å². The Morgan fingerprint density at radius 1 is 0.321 bits per heavy atom. The minimum atomic E-state index is -0.200. The highest BCUT2D eigenvalue weighted by Crippen LogP contribution is 2.14. The normalized spacial score (nSPS) is 12.7. The van der Waals surface area contributed by atoms with E-state index in [9.17, 15) is 9.59 Å². The first-order valence-electron chi connectivity index (χ1n) is 35.0. The lowest BCUT2D eigenvalue weighted by atomic mass is 10.1. The Morgan fingerprint density at radius 2 is 0.617 bits per heavy atom. The highest BCUT2D eigenvalue weighted by atomic mass is 16.2. The zero-order valence-corrected chi connectivity index (χ0v) is 53.8. The van der Waals surface area contributed by atoms with Gasteiger partial charge in [-0.15, -0.1) is 0 Å². The van der Waals surface area contributed by atoms with Crippen molar-refractivity contribution in [1.82, 2.24) is 41.7 Å². The van der Waals surface area contributed by atoms with E-state index in [1.807, 2.05) is 0 Å². The molecule has 0 radical (unpaired) electrons. The molecule has 0 aliphatic heterocycles. The van der Waals surface area contributed by atoms with Crippen LogP contribution in [0.2, 0.25) is 0 Å². The third-order valence-electron chi connectivity index (χ3n) is 15.8. The van der Waals surface area contributed by atoms with Gasteiger partial charge in [0.1, 0.15) is 0 Å². The molecule has 14 heteroatoms. The maximum Gasteiger partial charge on any atom is 0.237 e. The number of carbonyl (C=O) groups excluding carboxylic acids is 2. The largest absolute Gasteiger partial charge is 0.355 e. The summed E-state index contributed by atoms with van der Waals surface area (Å²) in [5, 5.41) is 20.4. The summed E-state index contributed by atoms with van der Waals surface area (Å²) in [7, 11) is 0. The van der Waals surface area contributed by atoms with Gasteiger partial charge in [0.25, 0.3) is 0 Å². The molecule has 0 spiro atoms. The second-order valence-electron chi connectivity index (χ2n) is 23.6. The maximum atomic E-state index is 13.5. The summed E-state index contributed by atoms with van der Waals surface area (Å²) >= 11 is 0. The van der Waals surface area contributed by atoms with E-state index in [0.717, 1.165) is 136 Å². The van der Waals surface area contributed by atoms with Crippen LogP contribution < -0.4 is 54.8 Å². The van der Waals surface area contributed by atoms with E-state index < -0.39 is 0 Å². The Labute approximate surface area is 502 Å². The molecule has 14 N–H and O–H groups in total. The van der Waals surface area contributed by atoms with Gasteiger partial charge in [0.05, 0.1) is 12.1 Å². The van der Waals surface area contributed by atoms with Crippen molar-refractivity contribution in [2.75, 3.05) is 118 Å². The number of nitrogens with one attached hydrogen (secondary N) is 6. The zero-order chi connectivity index (χ0) is 58.8. The number of allylic oxidation sites excluding steroid dienone is 4. The summed E-state index contributed by atoms with van der Waals surface area (Å²) in [4.78, 5) is 32.3. The van der Waals surface area contributed by atoms with Crippen molar-refractivity contribution in [2.45, 2.75) is 276 Å². The fraction of sp³-hybridized carbons (Fsp3) is 0.910. The van der Waals surface area contributed by atoms with E-state index in [4.69, 9.17) is 22.9 Å². The highest BCUT2D eigenvalue weighted by Gasteiger charge is 2.19. The first-order chi connectivity index (χ1) is 40.0. The lowest BCUT2D eigenvalue weighted by Gasteiger charge is -2.25. The van der Waals surface area contributed by atoms with Crippen molar-refractivity contribution in [1.29, 1.82) is 0 Å². The summed E-state index contributed by atoms with van der Waals surface area (Å²) in [6.45, 7) is 20.0. The van der Waals surface area contributed by atoms with Crippen LogP contribution in [-0.4, -0.2) is 152 Å². The number of amides is 2. The van der Waals surface area contributed by atoms with Crippen LogP contribution in [0.5, 0.6) is 0 Å². The Balaban J connectivity index is 5.44. The van der Waals surface area contributed by atoms with E-state index in [1.54, 1.807) is 0 Å². The number of nitrogens with two attached hydrogens (primary N) is 4. The number of unbranched alkanes of at least 4 members (excludes halogenated alkanes) is 25. The number of hydrogen-bond acceptors (Lipinski definition) is 12. The predicted octanol–water partition coefficient (Wildman–Crippen LogP) is 11.1. The first kappa shape index (κ1) is 79.0. The van der Waals surface area contributed by atoms with Gasteiger partial charge < -0.3 is 64.6 Å². The van der Waals surface area contributed by atoms with E-state index in [-0.39, 0.29) is 23.9 Å². The summed E-state index contributed by atoms with van der Waals surface area (Å²) in [5.74, 6) is 0.217. The lowest BCUT2D eigenvalue weighted by molar-refractivity contribution is -0.124. The molecule has 2 atom stereocenters. The van der Waals surface area contributed by atoms with Crippen LogP contribution in [0.25, 0.3) is 0 Å². The van der Waals surface area contributed by atoms with E-state index in [1.165, 1.54) is 193 Å². The molecular formula is C67H140N12O2. The van der Waals surface area contributed by atoms with Gasteiger partial charge in [-0.1, -0.05) is 154 Å². The molecule has 0 fully saturated rings. The Morgan fingerprint density at radius 3 is 0.975 bits per heavy atom. The Kier molecular flexibility index (Phi) is 65.5. The molecule has 0 aromatic carbocycles. The van der Waals surface area contributed by atoms with Crippen LogP contribution in [0.1, 0.15) is 264 Å². The third-order valence-corrected chi connectivity index (χ3v) is 15.8. The van der Waals surface area contributed by atoms with Crippen LogP contribution in [-0.2, 0) is 9.59 Å². The van der Waals surface area contributed by atoms with Crippen LogP contribution >= 0.6 is 0 Å². The molecule has 0 saturated carbocycles. The second-order valence-corrected chi connectivity index (χ2v) is 23.6. The van der Waals surface area contributed by atoms with Gasteiger partial charge in [0, 0.05) is 26.2 Å². The average molecular weight is 1150 g/mol. The standard InChI is InChI=1S/C67H140N12O2/c1-3-5-7-9-11-13-15-17-19-21-23-25-27-29-31-33-58-78(62-42-55-76-66(80)64(74-53-40-47-69)44-37-50-72-52-39-46-68)60-35-36-61-79(59-34-32-30-28-26-24-22-20-18-16-14-12-10-8-6-4-2)63-43-56-77-67(81)65(75-54-41-48-70)45-38-51-73-57-49-71/h17-20,64-65,72-75H,3-16,21-63,68-71H2,1-2H3,(H,76,80)(H,77,81). The Hall–Kier alpha value is -1.98. The first-order valence-corrected chi connectivity index (χ1v) is 35.0. The van der Waals surface area contributed by atoms with Crippen molar-refractivity contribution in [2.24, 2.45) is 22.9 Å². The minimum Gasteiger partial charge on any atom is -0.355 e. The summed E-state index contributed by atoms with van der Waals surface area (Å²) in [6.07, 6.45) is 57.2. The van der Waals surface area contributed by atoms with Crippen LogP contribution in [0.3, 0.4) is 0 Å². The smallest absolute Gasteiger partial charge is 0.237 e. The fourth-order valence-electron chi connectivity index (χ4n) is 10.6. The number of hydrogen-bond donors (Lipinski definition) is 10. The molecule has 0 heterocycles. The summed E-state index contributed by atoms with van der Waals surface area (Å²) in [5.41, 5.74) is 22.9. The molecule has 0 bridgehead atoms. The maximum absolute atomic E-state index is 13.5. The number of carbonyl (C=O) groups is 2. The predicted molar refractivity (Wildman–Crippen MR) is 354 cm³/mol. The number of rotatable bonds is 68. The van der Waals surface area contributed by atoms with Gasteiger partial charge in [0.2, 0.25) is 11.8 Å². The topological polar surface area (TPSA) is 217 Å². The minimum absolute atomic E-state index is 0.105. The van der Waals surface area contributed by atoms with Crippen molar-refractivity contribution in [3.8, 4) is 0 Å². The van der Waals surface area contributed by atoms with Crippen molar-refractivity contribution < 1.29 is 9.59 Å². The molecule has 2 unspecified atom stereocenters. The SMILES string of the molecule is CCCCCCCCC=CCCCCCCCCN(CCCCN(CCCCCCCCC=CCCCCCCCC)CCCNC(=O)C(CCCNCCCN)NCCCN)CCCNC(=O)C(CCCNCCN)NCCCN. The highest BCUT2D eigenvalue weighted by molar-refractivity contribution is 5.82. The van der Waals surface area contributed by atoms with E-state index >= 15 is 0 Å². The van der Waals surface area contributed by atoms with E-state index in [2.05, 4.69) is 79.9 Å². The van der Waals surface area contributed by atoms with Crippen LogP contribution in [0, 0.1) is 0 Å². The van der Waals surface area contributed by atoms with Gasteiger partial charge in [0.15, 0.2) is 0 Å². The molecule has 14 nitrogen and oxygen atoms in total. The average Bonchev–Trinajstić information content (AvgIpc) is 3.47. The van der Waals surface area contributed by atoms with Gasteiger partial charge in [-0.2, -0.15) is 0 Å². The second kappa shape index (κ2) is 67.2.